The summed E-state index contributed by atoms with van der Waals surface area (Å²) in [6, 6.07) is 11.0. The quantitative estimate of drug-likeness (QED) is 0.606. The molecule has 1 atom stereocenters. The number of rotatable bonds is 6. The number of nitrogens with one attached hydrogen (secondary N) is 1. The first-order valence-electron chi connectivity index (χ1n) is 10.2. The maximum Gasteiger partial charge on any atom is 0.322 e. The number of ether oxygens (including phenoxy) is 1. The number of aryl methyl sites for hydroxylation is 2. The Labute approximate surface area is 186 Å². The van der Waals surface area contributed by atoms with Crippen LogP contribution in [0.2, 0.25) is 0 Å². The maximum atomic E-state index is 13.1. The Morgan fingerprint density at radius 3 is 2.47 bits per heavy atom. The molecule has 1 amide bonds. The highest BCUT2D eigenvalue weighted by atomic mass is 32.2. The van der Waals surface area contributed by atoms with Gasteiger partial charge in [-0.3, -0.25) is 10.1 Å². The third-order valence-corrected chi connectivity index (χ3v) is 7.22. The minimum atomic E-state index is -3.85. The Balaban J connectivity index is 1.51. The predicted octanol–water partition coefficient (Wildman–Crippen LogP) is 3.15. The van der Waals surface area contributed by atoms with Gasteiger partial charge in [-0.05, 0) is 63.1 Å². The Morgan fingerprint density at radius 1 is 1.12 bits per heavy atom. The third kappa shape index (κ3) is 4.37. The zero-order chi connectivity index (χ0) is 22.9. The zero-order valence-corrected chi connectivity index (χ0v) is 18.8. The third-order valence-electron chi connectivity index (χ3n) is 5.30. The lowest BCUT2D eigenvalue weighted by molar-refractivity contribution is -0.119. The van der Waals surface area contributed by atoms with Crippen molar-refractivity contribution in [3.05, 3.63) is 53.6 Å². The lowest BCUT2D eigenvalue weighted by atomic mass is 10.1. The van der Waals surface area contributed by atoms with E-state index in [4.69, 9.17) is 9.15 Å². The molecular formula is C22H24N4O5S. The Hall–Kier alpha value is -3.24. The number of carbonyl (C=O) groups excluding carboxylic acids is 1. The fraction of sp³-hybridized carbons (Fsp3) is 0.318. The smallest absolute Gasteiger partial charge is 0.322 e. The van der Waals surface area contributed by atoms with E-state index in [9.17, 15) is 13.2 Å². The van der Waals surface area contributed by atoms with Gasteiger partial charge < -0.3 is 9.15 Å². The number of aromatic nitrogens is 2. The summed E-state index contributed by atoms with van der Waals surface area (Å²) in [4.78, 5) is 13.0. The molecule has 1 saturated heterocycles. The first-order chi connectivity index (χ1) is 15.3. The van der Waals surface area contributed by atoms with Crippen LogP contribution >= 0.6 is 0 Å². The number of sulfonamides is 1. The standard InChI is InChI=1S/C22H24N4O5S/c1-14-11-15(2)13-16(12-14)21-24-25-22(31-21)23-20(27)19-5-4-10-26(19)32(28,29)18-8-6-17(30-3)7-9-18/h6-9,11-13,19H,4-5,10H2,1-3H3,(H,23,25,27). The van der Waals surface area contributed by atoms with Crippen molar-refractivity contribution in [2.45, 2.75) is 37.6 Å². The van der Waals surface area contributed by atoms with E-state index >= 15 is 0 Å². The molecule has 2 heterocycles. The molecule has 1 fully saturated rings. The van der Waals surface area contributed by atoms with Crippen LogP contribution in [0.25, 0.3) is 11.5 Å². The summed E-state index contributed by atoms with van der Waals surface area (Å²) >= 11 is 0. The molecule has 1 aliphatic rings. The van der Waals surface area contributed by atoms with Crippen LogP contribution in [0.1, 0.15) is 24.0 Å². The van der Waals surface area contributed by atoms with Crippen LogP contribution in [0.5, 0.6) is 5.75 Å². The van der Waals surface area contributed by atoms with Crippen LogP contribution in [0.3, 0.4) is 0 Å². The molecule has 0 spiro atoms. The lowest BCUT2D eigenvalue weighted by Crippen LogP contribution is -2.43. The molecule has 3 aromatic rings. The first-order valence-corrected chi connectivity index (χ1v) is 11.6. The molecule has 1 aliphatic heterocycles. The molecule has 0 aliphatic carbocycles. The van der Waals surface area contributed by atoms with E-state index in [0.29, 0.717) is 18.6 Å². The highest BCUT2D eigenvalue weighted by Gasteiger charge is 2.40. The molecule has 0 saturated carbocycles. The van der Waals surface area contributed by atoms with Crippen molar-refractivity contribution in [1.82, 2.24) is 14.5 Å². The molecule has 2 aromatic carbocycles. The van der Waals surface area contributed by atoms with E-state index in [-0.39, 0.29) is 23.3 Å². The van der Waals surface area contributed by atoms with Crippen LogP contribution < -0.4 is 10.1 Å². The molecule has 168 valence electrons. The van der Waals surface area contributed by atoms with E-state index in [2.05, 4.69) is 15.5 Å². The van der Waals surface area contributed by atoms with Crippen LogP contribution in [0, 0.1) is 13.8 Å². The van der Waals surface area contributed by atoms with Crippen molar-refractivity contribution in [2.24, 2.45) is 0 Å². The number of benzene rings is 2. The van der Waals surface area contributed by atoms with Gasteiger partial charge in [-0.25, -0.2) is 8.42 Å². The summed E-state index contributed by atoms with van der Waals surface area (Å²) in [5.41, 5.74) is 2.85. The van der Waals surface area contributed by atoms with Crippen molar-refractivity contribution < 1.29 is 22.4 Å². The largest absolute Gasteiger partial charge is 0.497 e. The van der Waals surface area contributed by atoms with Crippen LogP contribution in [-0.4, -0.2) is 48.5 Å². The van der Waals surface area contributed by atoms with Gasteiger partial charge in [-0.1, -0.05) is 22.3 Å². The highest BCUT2D eigenvalue weighted by molar-refractivity contribution is 7.89. The number of nitrogens with zero attached hydrogens (tertiary/aromatic N) is 3. The van der Waals surface area contributed by atoms with Crippen LogP contribution in [0.4, 0.5) is 6.01 Å². The summed E-state index contributed by atoms with van der Waals surface area (Å²) in [6.07, 6.45) is 0.977. The Morgan fingerprint density at radius 2 is 1.81 bits per heavy atom. The SMILES string of the molecule is COc1ccc(S(=O)(=O)N2CCCC2C(=O)Nc2nnc(-c3cc(C)cc(C)c3)o2)cc1. The fourth-order valence-electron chi connectivity index (χ4n) is 3.85. The van der Waals surface area contributed by atoms with Crippen molar-refractivity contribution in [3.8, 4) is 17.2 Å². The molecular weight excluding hydrogens is 432 g/mol. The summed E-state index contributed by atoms with van der Waals surface area (Å²) < 4.78 is 38.1. The van der Waals surface area contributed by atoms with Gasteiger partial charge in [-0.2, -0.15) is 4.31 Å². The average Bonchev–Trinajstić information content (AvgIpc) is 3.43. The van der Waals surface area contributed by atoms with E-state index in [1.165, 1.54) is 23.5 Å². The van der Waals surface area contributed by atoms with Crippen LogP contribution in [-0.2, 0) is 14.8 Å². The average molecular weight is 457 g/mol. The molecule has 32 heavy (non-hydrogen) atoms. The molecule has 9 nitrogen and oxygen atoms in total. The Bertz CT molecular complexity index is 1220. The van der Waals surface area contributed by atoms with E-state index in [1.54, 1.807) is 12.1 Å². The van der Waals surface area contributed by atoms with Gasteiger partial charge in [0.25, 0.3) is 0 Å². The predicted molar refractivity (Wildman–Crippen MR) is 118 cm³/mol. The summed E-state index contributed by atoms with van der Waals surface area (Å²) in [5.74, 6) is 0.326. The Kier molecular flexibility index (Phi) is 5.98. The second-order valence-electron chi connectivity index (χ2n) is 7.73. The first kappa shape index (κ1) is 22.0. The summed E-state index contributed by atoms with van der Waals surface area (Å²) in [6.45, 7) is 4.19. The van der Waals surface area contributed by atoms with Gasteiger partial charge in [0.15, 0.2) is 0 Å². The fourth-order valence-corrected chi connectivity index (χ4v) is 5.51. The monoisotopic (exact) mass is 456 g/mol. The van der Waals surface area contributed by atoms with E-state index < -0.39 is 22.0 Å². The lowest BCUT2D eigenvalue weighted by Gasteiger charge is -2.22. The molecule has 1 unspecified atom stereocenters. The van der Waals surface area contributed by atoms with Crippen molar-refractivity contribution in [3.63, 3.8) is 0 Å². The second kappa shape index (κ2) is 8.71. The number of amides is 1. The number of methoxy groups -OCH3 is 1. The van der Waals surface area contributed by atoms with Gasteiger partial charge in [0.2, 0.25) is 21.8 Å². The highest BCUT2D eigenvalue weighted by Crippen LogP contribution is 2.28. The molecule has 1 aromatic heterocycles. The topological polar surface area (TPSA) is 115 Å². The molecule has 10 heteroatoms. The van der Waals surface area contributed by atoms with Crippen molar-refractivity contribution >= 4 is 21.9 Å². The van der Waals surface area contributed by atoms with E-state index in [1.807, 2.05) is 32.0 Å². The number of anilines is 1. The van der Waals surface area contributed by atoms with Crippen molar-refractivity contribution in [2.75, 3.05) is 19.0 Å². The molecule has 0 radical (unpaired) electrons. The van der Waals surface area contributed by atoms with Gasteiger partial charge in [-0.15, -0.1) is 5.10 Å². The van der Waals surface area contributed by atoms with Gasteiger partial charge in [0, 0.05) is 12.1 Å². The normalized spacial score (nSPS) is 16.8. The van der Waals surface area contributed by atoms with Crippen LogP contribution in [0.15, 0.2) is 51.8 Å². The minimum Gasteiger partial charge on any atom is -0.497 e. The van der Waals surface area contributed by atoms with E-state index in [0.717, 1.165) is 16.7 Å². The van der Waals surface area contributed by atoms with Gasteiger partial charge in [0.1, 0.15) is 11.8 Å². The summed E-state index contributed by atoms with van der Waals surface area (Å²) in [5, 5.41) is 10.5. The van der Waals surface area contributed by atoms with Crippen molar-refractivity contribution in [1.29, 1.82) is 0 Å². The molecule has 1 N–H and O–H groups in total. The number of hydrogen-bond acceptors (Lipinski definition) is 7. The number of carbonyl (C=O) groups is 1. The number of hydrogen-bond donors (Lipinski definition) is 1. The van der Waals surface area contributed by atoms with Gasteiger partial charge in [0.05, 0.1) is 12.0 Å². The summed E-state index contributed by atoms with van der Waals surface area (Å²) in [7, 11) is -2.34. The molecule has 0 bridgehead atoms. The maximum absolute atomic E-state index is 13.1. The molecule has 4 rings (SSSR count). The zero-order valence-electron chi connectivity index (χ0n) is 18.0. The second-order valence-corrected chi connectivity index (χ2v) is 9.62. The minimum absolute atomic E-state index is 0.0714. The van der Waals surface area contributed by atoms with Gasteiger partial charge >= 0.3 is 6.01 Å².